The molecule has 0 radical (unpaired) electrons. The van der Waals surface area contributed by atoms with Crippen molar-refractivity contribution in [3.63, 3.8) is 0 Å². The lowest BCUT2D eigenvalue weighted by atomic mass is 9.96. The highest BCUT2D eigenvalue weighted by Gasteiger charge is 2.33. The molecule has 1 N–H and O–H groups in total. The molecular weight excluding hydrogens is 333 g/mol. The number of ether oxygens (including phenoxy) is 1. The van der Waals surface area contributed by atoms with Crippen LogP contribution in [0.15, 0.2) is 18.2 Å². The van der Waals surface area contributed by atoms with Crippen molar-refractivity contribution in [3.05, 3.63) is 29.6 Å². The van der Waals surface area contributed by atoms with E-state index in [4.69, 9.17) is 4.74 Å². The minimum Gasteiger partial charge on any atom is -0.497 e. The van der Waals surface area contributed by atoms with E-state index in [0.29, 0.717) is 23.8 Å². The number of methoxy groups -OCH3 is 1. The number of rotatable bonds is 6. The Balaban J connectivity index is 1.60. The number of hydrogen-bond acceptors (Lipinski definition) is 5. The zero-order valence-electron chi connectivity index (χ0n) is 16.0. The average molecular weight is 365 g/mol. The molecule has 2 saturated heterocycles. The molecule has 2 aliphatic rings. The average Bonchev–Trinajstić information content (AvgIpc) is 2.90. The molecule has 1 aromatic rings. The predicted molar refractivity (Wildman–Crippen MR) is 101 cm³/mol. The van der Waals surface area contributed by atoms with Gasteiger partial charge in [0.1, 0.15) is 11.6 Å². The van der Waals surface area contributed by atoms with Crippen LogP contribution in [-0.4, -0.2) is 86.4 Å². The second-order valence-electron chi connectivity index (χ2n) is 7.81. The van der Waals surface area contributed by atoms with E-state index in [-0.39, 0.29) is 18.3 Å². The van der Waals surface area contributed by atoms with Gasteiger partial charge in [-0.3, -0.25) is 4.90 Å². The Morgan fingerprint density at radius 1 is 1.12 bits per heavy atom. The summed E-state index contributed by atoms with van der Waals surface area (Å²) in [5, 5.41) is 9.84. The summed E-state index contributed by atoms with van der Waals surface area (Å²) in [6.07, 6.45) is 1.20. The first kappa shape index (κ1) is 19.5. The number of benzene rings is 1. The first-order valence-corrected chi connectivity index (χ1v) is 9.65. The highest BCUT2D eigenvalue weighted by Crippen LogP contribution is 2.27. The molecule has 0 spiro atoms. The molecule has 2 fully saturated rings. The Morgan fingerprint density at radius 3 is 2.69 bits per heavy atom. The van der Waals surface area contributed by atoms with Crippen LogP contribution in [-0.2, 0) is 6.54 Å². The Morgan fingerprint density at radius 2 is 1.92 bits per heavy atom. The molecule has 0 amide bonds. The number of aliphatic hydroxyl groups excluding tert-OH is 1. The molecule has 0 aromatic heterocycles. The number of aliphatic hydroxyl groups is 1. The van der Waals surface area contributed by atoms with E-state index < -0.39 is 0 Å². The number of nitrogens with zero attached hydrogens (tertiary/aromatic N) is 3. The summed E-state index contributed by atoms with van der Waals surface area (Å²) in [5.41, 5.74) is 0.665. The van der Waals surface area contributed by atoms with Crippen LogP contribution in [0.1, 0.15) is 12.0 Å². The van der Waals surface area contributed by atoms with Crippen LogP contribution in [0, 0.1) is 17.7 Å². The smallest absolute Gasteiger partial charge is 0.127 e. The van der Waals surface area contributed by atoms with Gasteiger partial charge in [0.25, 0.3) is 0 Å². The Hall–Kier alpha value is -1.21. The third kappa shape index (κ3) is 4.94. The predicted octanol–water partition coefficient (Wildman–Crippen LogP) is 1.51. The van der Waals surface area contributed by atoms with Gasteiger partial charge in [0, 0.05) is 51.4 Å². The van der Waals surface area contributed by atoms with Crippen molar-refractivity contribution in [3.8, 4) is 5.75 Å². The van der Waals surface area contributed by atoms with Gasteiger partial charge < -0.3 is 19.6 Å². The fourth-order valence-corrected chi connectivity index (χ4v) is 4.23. The van der Waals surface area contributed by atoms with Gasteiger partial charge in [-0.1, -0.05) is 0 Å². The van der Waals surface area contributed by atoms with Gasteiger partial charge >= 0.3 is 0 Å². The van der Waals surface area contributed by atoms with E-state index in [1.165, 1.54) is 12.5 Å². The van der Waals surface area contributed by atoms with Crippen molar-refractivity contribution in [2.75, 3.05) is 66.6 Å². The molecule has 146 valence electrons. The fraction of sp³-hybridized carbons (Fsp3) is 0.700. The Labute approximate surface area is 156 Å². The first-order valence-electron chi connectivity index (χ1n) is 9.65. The summed E-state index contributed by atoms with van der Waals surface area (Å²) in [6, 6.07) is 4.90. The summed E-state index contributed by atoms with van der Waals surface area (Å²) in [5.74, 6) is 1.21. The quantitative estimate of drug-likeness (QED) is 0.828. The molecular formula is C20H32FN3O2. The highest BCUT2D eigenvalue weighted by molar-refractivity contribution is 5.29. The van der Waals surface area contributed by atoms with E-state index in [1.807, 2.05) is 0 Å². The van der Waals surface area contributed by atoms with Crippen molar-refractivity contribution in [1.29, 1.82) is 0 Å². The van der Waals surface area contributed by atoms with E-state index in [2.05, 4.69) is 21.7 Å². The summed E-state index contributed by atoms with van der Waals surface area (Å²) >= 11 is 0. The second kappa shape index (κ2) is 9.13. The molecule has 1 aromatic carbocycles. The van der Waals surface area contributed by atoms with Gasteiger partial charge in [-0.05, 0) is 56.6 Å². The minimum absolute atomic E-state index is 0.189. The normalized spacial score (nSPS) is 26.2. The van der Waals surface area contributed by atoms with Crippen LogP contribution < -0.4 is 4.74 Å². The number of likely N-dealkylation sites (N-methyl/N-ethyl adjacent to an activating group) is 1. The minimum atomic E-state index is -0.189. The summed E-state index contributed by atoms with van der Waals surface area (Å²) < 4.78 is 19.4. The molecule has 0 bridgehead atoms. The fourth-order valence-electron chi connectivity index (χ4n) is 4.23. The monoisotopic (exact) mass is 365 g/mol. The SMILES string of the molecule is COc1ccc(F)c(CN2C[C@@H](CN3CCCN(C)CC3)[C@@H](CO)C2)c1. The van der Waals surface area contributed by atoms with Crippen molar-refractivity contribution in [2.45, 2.75) is 13.0 Å². The van der Waals surface area contributed by atoms with E-state index in [1.54, 1.807) is 19.2 Å². The topological polar surface area (TPSA) is 39.2 Å². The lowest BCUT2D eigenvalue weighted by Crippen LogP contribution is -2.36. The highest BCUT2D eigenvalue weighted by atomic mass is 19.1. The number of likely N-dealkylation sites (tertiary alicyclic amines) is 1. The summed E-state index contributed by atoms with van der Waals surface area (Å²) in [4.78, 5) is 7.19. The van der Waals surface area contributed by atoms with Crippen molar-refractivity contribution >= 4 is 0 Å². The molecule has 0 unspecified atom stereocenters. The van der Waals surface area contributed by atoms with Gasteiger partial charge in [-0.15, -0.1) is 0 Å². The van der Waals surface area contributed by atoms with Crippen molar-refractivity contribution in [2.24, 2.45) is 11.8 Å². The van der Waals surface area contributed by atoms with Gasteiger partial charge in [0.05, 0.1) is 7.11 Å². The molecule has 6 heteroatoms. The molecule has 5 nitrogen and oxygen atoms in total. The van der Waals surface area contributed by atoms with Crippen LogP contribution in [0.3, 0.4) is 0 Å². The van der Waals surface area contributed by atoms with E-state index >= 15 is 0 Å². The lowest BCUT2D eigenvalue weighted by molar-refractivity contribution is 0.165. The maximum absolute atomic E-state index is 14.1. The zero-order valence-corrected chi connectivity index (χ0v) is 16.0. The Bertz CT molecular complexity index is 586. The van der Waals surface area contributed by atoms with Gasteiger partial charge in [0.2, 0.25) is 0 Å². The summed E-state index contributed by atoms with van der Waals surface area (Å²) in [7, 11) is 3.78. The lowest BCUT2D eigenvalue weighted by Gasteiger charge is -2.26. The number of halogens is 1. The van der Waals surface area contributed by atoms with Crippen LogP contribution in [0.2, 0.25) is 0 Å². The maximum atomic E-state index is 14.1. The summed E-state index contributed by atoms with van der Waals surface area (Å²) in [6.45, 7) is 8.02. The molecule has 3 rings (SSSR count). The van der Waals surface area contributed by atoms with Gasteiger partial charge in [-0.25, -0.2) is 4.39 Å². The first-order chi connectivity index (χ1) is 12.6. The van der Waals surface area contributed by atoms with Gasteiger partial charge in [-0.2, -0.15) is 0 Å². The van der Waals surface area contributed by atoms with E-state index in [9.17, 15) is 9.50 Å². The van der Waals surface area contributed by atoms with Crippen molar-refractivity contribution < 1.29 is 14.2 Å². The Kier molecular flexibility index (Phi) is 6.86. The standard InChI is InChI=1S/C20H32FN3O2/c1-22-6-3-7-23(9-8-22)12-17-13-24(14-18(17)15-25)11-16-10-19(26-2)4-5-20(16)21/h4-5,10,17-18,25H,3,6-9,11-15H2,1-2H3/t17-,18-/m1/s1. The second-order valence-corrected chi connectivity index (χ2v) is 7.81. The van der Waals surface area contributed by atoms with Crippen LogP contribution in [0.5, 0.6) is 5.75 Å². The largest absolute Gasteiger partial charge is 0.497 e. The number of hydrogen-bond donors (Lipinski definition) is 1. The third-order valence-electron chi connectivity index (χ3n) is 5.84. The maximum Gasteiger partial charge on any atom is 0.127 e. The van der Waals surface area contributed by atoms with E-state index in [0.717, 1.165) is 45.8 Å². The molecule has 26 heavy (non-hydrogen) atoms. The third-order valence-corrected chi connectivity index (χ3v) is 5.84. The van der Waals surface area contributed by atoms with Crippen LogP contribution in [0.25, 0.3) is 0 Å². The van der Waals surface area contributed by atoms with Crippen LogP contribution >= 0.6 is 0 Å². The molecule has 2 atom stereocenters. The molecule has 0 aliphatic carbocycles. The van der Waals surface area contributed by atoms with Gasteiger partial charge in [0.15, 0.2) is 0 Å². The molecule has 2 aliphatic heterocycles. The molecule has 0 saturated carbocycles. The molecule has 2 heterocycles. The van der Waals surface area contributed by atoms with Crippen molar-refractivity contribution in [1.82, 2.24) is 14.7 Å². The zero-order chi connectivity index (χ0) is 18.5. The van der Waals surface area contributed by atoms with Crippen LogP contribution in [0.4, 0.5) is 4.39 Å².